The van der Waals surface area contributed by atoms with Gasteiger partial charge >= 0.3 is 16.4 Å². The van der Waals surface area contributed by atoms with E-state index in [1.54, 1.807) is 12.1 Å². The van der Waals surface area contributed by atoms with Crippen LogP contribution in [0.2, 0.25) is 0 Å². The number of amidine groups is 1. The van der Waals surface area contributed by atoms with Gasteiger partial charge in [-0.25, -0.2) is 14.2 Å². The summed E-state index contributed by atoms with van der Waals surface area (Å²) < 4.78 is 56.1. The lowest BCUT2D eigenvalue weighted by Gasteiger charge is -2.59. The number of nitrogens with two attached hydrogens (primary N) is 3. The first-order chi connectivity index (χ1) is 24.2. The van der Waals surface area contributed by atoms with Gasteiger partial charge in [0.05, 0.1) is 11.6 Å². The molecule has 1 aromatic carbocycles. The average molecular weight is 767 g/mol. The highest BCUT2D eigenvalue weighted by atomic mass is 32.3. The Kier molecular flexibility index (Phi) is 9.26. The zero-order valence-electron chi connectivity index (χ0n) is 28.4. The molecule has 2 aliphatic heterocycles. The van der Waals surface area contributed by atoms with Crippen molar-refractivity contribution in [1.82, 2.24) is 15.4 Å². The zero-order valence-corrected chi connectivity index (χ0v) is 30.0. The zero-order chi connectivity index (χ0) is 38.0. The van der Waals surface area contributed by atoms with E-state index in [4.69, 9.17) is 31.3 Å². The van der Waals surface area contributed by atoms with E-state index in [1.807, 2.05) is 6.07 Å². The van der Waals surface area contributed by atoms with Crippen LogP contribution in [0.5, 0.6) is 5.75 Å². The number of thiazole rings is 1. The van der Waals surface area contributed by atoms with Crippen LogP contribution in [0.4, 0.5) is 9.52 Å². The highest BCUT2D eigenvalue weighted by Gasteiger charge is 2.61. The number of nitrogens with one attached hydrogen (secondary N) is 1. The Bertz CT molecular complexity index is 1970. The number of carbonyl (C=O) groups is 3. The van der Waals surface area contributed by atoms with Gasteiger partial charge in [-0.1, -0.05) is 5.16 Å². The van der Waals surface area contributed by atoms with Crippen molar-refractivity contribution in [2.75, 3.05) is 12.3 Å². The summed E-state index contributed by atoms with van der Waals surface area (Å²) in [6.07, 6.45) is 1.87. The number of ether oxygens (including phenoxy) is 1. The fraction of sp³-hybridized carbons (Fsp3) is 0.548. The maximum atomic E-state index is 14.3. The number of rotatable bonds is 12. The van der Waals surface area contributed by atoms with Crippen LogP contribution < -0.4 is 27.3 Å². The summed E-state index contributed by atoms with van der Waals surface area (Å²) in [5, 5.41) is 18.4. The number of β-lactam (4-membered cyclic amide) rings is 1. The van der Waals surface area contributed by atoms with Crippen LogP contribution in [-0.2, 0) is 40.3 Å². The molecule has 1 aromatic heterocycles. The molecule has 0 radical (unpaired) electrons. The summed E-state index contributed by atoms with van der Waals surface area (Å²) in [5.74, 6) is -2.77. The number of fused-ring (bicyclic) bond motifs is 1. The number of nitrogens with zero attached hydrogens (tertiary/aromatic N) is 4. The minimum atomic E-state index is -5.04. The number of aliphatic carboxylic acids is 1. The van der Waals surface area contributed by atoms with Crippen molar-refractivity contribution in [2.45, 2.75) is 94.3 Å². The Morgan fingerprint density at radius 1 is 1.29 bits per heavy atom. The van der Waals surface area contributed by atoms with Gasteiger partial charge in [0.15, 0.2) is 16.9 Å². The second-order valence-corrected chi connectivity index (χ2v) is 16.4. The maximum absolute atomic E-state index is 14.3. The minimum Gasteiger partial charge on any atom is -0.485 e. The molecule has 2 saturated carbocycles. The Balaban J connectivity index is 1.15. The molecule has 9 N–H and O–H groups in total. The summed E-state index contributed by atoms with van der Waals surface area (Å²) in [6.45, 7) is 3.98. The standard InChI is InChI=1S/C31H39FN8O10S2/c1-28(2)22(25(42)40(28)50-52(45,46)47)38-24(41)21(18-11-51-27(35)37-18)39-49-29(3,26(43)44)20-7-5-15-8-16(4-6-19(15)48-20)23(34)36-17-9-30(10-17)12-31(32,13-30)14-33/h4,6,8,11,17,20,22H,5,7,9-10,12-14,33H2,1-3H3,(H2,34,36)(H2,35,37)(H,38,41)(H,43,44)(H,45,46,47). The molecule has 0 bridgehead atoms. The van der Waals surface area contributed by atoms with Gasteiger partial charge in [0.1, 0.15) is 29.0 Å². The molecule has 18 nitrogen and oxygen atoms in total. The number of anilines is 1. The van der Waals surface area contributed by atoms with Gasteiger partial charge in [-0.3, -0.25) is 19.1 Å². The quantitative estimate of drug-likeness (QED) is 0.0574. The topological polar surface area (TPSA) is 284 Å². The molecule has 3 fully saturated rings. The van der Waals surface area contributed by atoms with Crippen LogP contribution >= 0.6 is 11.3 Å². The van der Waals surface area contributed by atoms with Crippen LogP contribution in [0.3, 0.4) is 0 Å². The summed E-state index contributed by atoms with van der Waals surface area (Å²) in [4.78, 5) is 53.1. The van der Waals surface area contributed by atoms with Crippen LogP contribution in [0, 0.1) is 5.41 Å². The summed E-state index contributed by atoms with van der Waals surface area (Å²) >= 11 is 0.955. The summed E-state index contributed by atoms with van der Waals surface area (Å²) in [5.41, 5.74) is 13.5. The van der Waals surface area contributed by atoms with Crippen LogP contribution in [0.1, 0.15) is 69.7 Å². The van der Waals surface area contributed by atoms with Crippen molar-refractivity contribution >= 4 is 56.2 Å². The lowest BCUT2D eigenvalue weighted by Crippen LogP contribution is -2.76. The van der Waals surface area contributed by atoms with Crippen molar-refractivity contribution < 1.29 is 50.7 Å². The molecule has 1 saturated heterocycles. The molecule has 3 atom stereocenters. The highest BCUT2D eigenvalue weighted by Crippen LogP contribution is 2.62. The number of aromatic nitrogens is 1. The number of carbonyl (C=O) groups excluding carboxylic acids is 2. The van der Waals surface area contributed by atoms with Crippen LogP contribution in [0.25, 0.3) is 0 Å². The smallest absolute Gasteiger partial charge is 0.418 e. The average Bonchev–Trinajstić information content (AvgIpc) is 3.48. The molecule has 2 aliphatic carbocycles. The predicted octanol–water partition coefficient (Wildman–Crippen LogP) is 0.838. The highest BCUT2D eigenvalue weighted by molar-refractivity contribution is 7.80. The SMILES string of the molecule is CC(ON=C(C(=O)NC1C(=O)N(OS(=O)(=O)O)C1(C)C)c1csc(N)n1)(C(=O)O)C1CCc2cc(C(N)=NC3CC4(C3)CC(F)(CN)C4)ccc2O1. The molecule has 21 heteroatoms. The van der Waals surface area contributed by atoms with E-state index >= 15 is 0 Å². The van der Waals surface area contributed by atoms with Crippen molar-refractivity contribution in [3.63, 3.8) is 0 Å². The number of alkyl halides is 1. The third-order valence-electron chi connectivity index (χ3n) is 10.2. The Morgan fingerprint density at radius 3 is 2.56 bits per heavy atom. The van der Waals surface area contributed by atoms with Gasteiger partial charge in [-0.2, -0.15) is 13.5 Å². The minimum absolute atomic E-state index is 0.00449. The van der Waals surface area contributed by atoms with Crippen LogP contribution in [-0.4, -0.2) is 99.0 Å². The normalized spacial score (nSPS) is 29.5. The second-order valence-electron chi connectivity index (χ2n) is 14.5. The van der Waals surface area contributed by atoms with E-state index in [0.29, 0.717) is 41.5 Å². The lowest BCUT2D eigenvalue weighted by molar-refractivity contribution is -0.218. The number of aliphatic imine (C=N–C) groups is 1. The fourth-order valence-electron chi connectivity index (χ4n) is 7.36. The summed E-state index contributed by atoms with van der Waals surface area (Å²) in [6, 6.07) is 3.82. The first-order valence-corrected chi connectivity index (χ1v) is 18.5. The van der Waals surface area contributed by atoms with Gasteiger partial charge in [0, 0.05) is 17.5 Å². The molecule has 6 rings (SSSR count). The van der Waals surface area contributed by atoms with E-state index in [-0.39, 0.29) is 35.2 Å². The van der Waals surface area contributed by atoms with Crippen molar-refractivity contribution in [3.8, 4) is 5.75 Å². The van der Waals surface area contributed by atoms with Gasteiger partial charge in [0.25, 0.3) is 17.4 Å². The van der Waals surface area contributed by atoms with Crippen LogP contribution in [0.15, 0.2) is 33.7 Å². The van der Waals surface area contributed by atoms with Gasteiger partial charge in [0.2, 0.25) is 0 Å². The lowest BCUT2D eigenvalue weighted by atomic mass is 9.49. The van der Waals surface area contributed by atoms with Gasteiger partial charge in [-0.05, 0) is 88.5 Å². The molecule has 282 valence electrons. The van der Waals surface area contributed by atoms with E-state index in [1.165, 1.54) is 26.2 Å². The largest absolute Gasteiger partial charge is 0.485 e. The Morgan fingerprint density at radius 2 is 1.98 bits per heavy atom. The molecule has 2 amide bonds. The first kappa shape index (κ1) is 37.3. The molecular formula is C31H39FN8O10S2. The molecule has 1 spiro atoms. The molecule has 52 heavy (non-hydrogen) atoms. The predicted molar refractivity (Wildman–Crippen MR) is 183 cm³/mol. The van der Waals surface area contributed by atoms with Gasteiger partial charge in [-0.15, -0.1) is 15.6 Å². The number of oxime groups is 1. The number of benzene rings is 1. The third kappa shape index (κ3) is 6.89. The number of carboxylic acids is 1. The number of carboxylic acid groups (broad SMARTS) is 1. The molecule has 3 unspecified atom stereocenters. The Labute approximate surface area is 301 Å². The van der Waals surface area contributed by atoms with E-state index < -0.39 is 62.8 Å². The number of hydrogen-bond acceptors (Lipinski definition) is 14. The monoisotopic (exact) mass is 766 g/mol. The number of hydroxylamine groups is 2. The van der Waals surface area contributed by atoms with Crippen molar-refractivity contribution in [3.05, 3.63) is 40.4 Å². The number of hydrogen-bond donors (Lipinski definition) is 6. The maximum Gasteiger partial charge on any atom is 0.418 e. The van der Waals surface area contributed by atoms with Crippen molar-refractivity contribution in [2.24, 2.45) is 27.0 Å². The third-order valence-corrected chi connectivity index (χ3v) is 11.2. The first-order valence-electron chi connectivity index (χ1n) is 16.2. The van der Waals surface area contributed by atoms with E-state index in [9.17, 15) is 32.3 Å². The number of halogens is 1. The van der Waals surface area contributed by atoms with Crippen molar-refractivity contribution in [1.29, 1.82) is 0 Å². The number of nitrogen functional groups attached to an aromatic ring is 1. The van der Waals surface area contributed by atoms with Gasteiger partial charge < -0.3 is 37.2 Å². The van der Waals surface area contributed by atoms with E-state index in [2.05, 4.69) is 24.7 Å². The molecule has 2 aromatic rings. The fourth-order valence-corrected chi connectivity index (χ4v) is 8.36. The number of amides is 2. The molecule has 3 heterocycles. The molecule has 4 aliphatic rings. The summed E-state index contributed by atoms with van der Waals surface area (Å²) in [7, 11) is -5.04. The Hall–Kier alpha value is -4.44. The number of aryl methyl sites for hydroxylation is 1. The van der Waals surface area contributed by atoms with E-state index in [0.717, 1.165) is 29.7 Å². The molecular weight excluding hydrogens is 728 g/mol. The second kappa shape index (κ2) is 12.9.